The van der Waals surface area contributed by atoms with Crippen molar-refractivity contribution in [2.24, 2.45) is 0 Å². The van der Waals surface area contributed by atoms with Gasteiger partial charge in [0.05, 0.1) is 11.7 Å². The van der Waals surface area contributed by atoms with E-state index in [4.69, 9.17) is 11.6 Å². The van der Waals surface area contributed by atoms with Crippen molar-refractivity contribution < 1.29 is 4.79 Å². The van der Waals surface area contributed by atoms with E-state index in [0.29, 0.717) is 5.92 Å². The summed E-state index contributed by atoms with van der Waals surface area (Å²) in [6.45, 7) is 1.98. The maximum absolute atomic E-state index is 12.4. The number of aromatic nitrogens is 1. The van der Waals surface area contributed by atoms with E-state index in [2.05, 4.69) is 16.4 Å². The molecule has 0 saturated heterocycles. The molecule has 1 aliphatic carbocycles. The number of rotatable bonds is 4. The second-order valence-electron chi connectivity index (χ2n) is 5.99. The fourth-order valence-electron chi connectivity index (χ4n) is 2.72. The number of carbonyl (C=O) groups excluding carboxylic acids is 1. The fourth-order valence-corrected chi connectivity index (χ4v) is 2.92. The number of hydrogen-bond acceptors (Lipinski definition) is 2. The number of benzene rings is 1. The van der Waals surface area contributed by atoms with E-state index in [-0.39, 0.29) is 18.1 Å². The Labute approximate surface area is 141 Å². The highest BCUT2D eigenvalue weighted by molar-refractivity contribution is 6.30. The molecule has 1 aromatic heterocycles. The minimum atomic E-state index is -0.0716. The summed E-state index contributed by atoms with van der Waals surface area (Å²) in [7, 11) is 1.80. The van der Waals surface area contributed by atoms with E-state index >= 15 is 0 Å². The lowest BCUT2D eigenvalue weighted by Crippen LogP contribution is -2.40. The van der Waals surface area contributed by atoms with Crippen LogP contribution in [0, 0.1) is 0 Å². The summed E-state index contributed by atoms with van der Waals surface area (Å²) in [6, 6.07) is 13.6. The molecule has 0 aliphatic heterocycles. The van der Waals surface area contributed by atoms with Gasteiger partial charge >= 0.3 is 6.03 Å². The quantitative estimate of drug-likeness (QED) is 0.921. The average Bonchev–Trinajstić information content (AvgIpc) is 3.33. The minimum Gasteiger partial charge on any atom is -0.335 e. The van der Waals surface area contributed by atoms with Crippen molar-refractivity contribution in [1.82, 2.24) is 15.2 Å². The highest BCUT2D eigenvalue weighted by Gasteiger charge is 2.40. The Kier molecular flexibility index (Phi) is 4.53. The molecule has 0 radical (unpaired) electrons. The van der Waals surface area contributed by atoms with Crippen molar-refractivity contribution in [3.8, 4) is 0 Å². The van der Waals surface area contributed by atoms with Gasteiger partial charge in [0.25, 0.3) is 0 Å². The van der Waals surface area contributed by atoms with Crippen molar-refractivity contribution in [3.05, 3.63) is 64.9 Å². The van der Waals surface area contributed by atoms with E-state index in [9.17, 15) is 4.79 Å². The third-order valence-electron chi connectivity index (χ3n) is 4.39. The first-order chi connectivity index (χ1) is 11.1. The SMILES string of the molecule is C[C@H](c1ccccn1)N(C)C(=O)N[C@@H]1C[C@@H]1c1cccc(Cl)c1. The first kappa shape index (κ1) is 15.8. The van der Waals surface area contributed by atoms with Gasteiger partial charge in [-0.25, -0.2) is 4.79 Å². The zero-order valence-corrected chi connectivity index (χ0v) is 14.0. The lowest BCUT2D eigenvalue weighted by atomic mass is 10.1. The van der Waals surface area contributed by atoms with Crippen molar-refractivity contribution in [3.63, 3.8) is 0 Å². The van der Waals surface area contributed by atoms with Crippen LogP contribution in [-0.2, 0) is 0 Å². The normalized spacial score (nSPS) is 20.7. The van der Waals surface area contributed by atoms with E-state index in [0.717, 1.165) is 17.1 Å². The molecular weight excluding hydrogens is 310 g/mol. The molecule has 1 fully saturated rings. The molecule has 3 rings (SSSR count). The molecule has 1 N–H and O–H groups in total. The molecule has 1 aliphatic rings. The molecule has 3 atom stereocenters. The third-order valence-corrected chi connectivity index (χ3v) is 4.63. The zero-order chi connectivity index (χ0) is 16.4. The lowest BCUT2D eigenvalue weighted by Gasteiger charge is -2.25. The largest absolute Gasteiger partial charge is 0.335 e. The number of halogens is 1. The second-order valence-corrected chi connectivity index (χ2v) is 6.43. The summed E-state index contributed by atoms with van der Waals surface area (Å²) < 4.78 is 0. The summed E-state index contributed by atoms with van der Waals surface area (Å²) >= 11 is 6.03. The van der Waals surface area contributed by atoms with Crippen LogP contribution in [0.3, 0.4) is 0 Å². The van der Waals surface area contributed by atoms with Crippen LogP contribution < -0.4 is 5.32 Å². The summed E-state index contributed by atoms with van der Waals surface area (Å²) in [5.74, 6) is 0.358. The van der Waals surface area contributed by atoms with Crippen LogP contribution in [0.5, 0.6) is 0 Å². The van der Waals surface area contributed by atoms with E-state index in [1.54, 1.807) is 18.1 Å². The summed E-state index contributed by atoms with van der Waals surface area (Å²) in [6.07, 6.45) is 2.70. The first-order valence-corrected chi connectivity index (χ1v) is 8.14. The standard InChI is InChI=1S/C18H20ClN3O/c1-12(16-8-3-4-9-20-16)22(2)18(23)21-17-11-15(17)13-6-5-7-14(19)10-13/h3-10,12,15,17H,11H2,1-2H3,(H,21,23)/t12-,15-,17-/m1/s1. The number of pyridine rings is 1. The van der Waals surface area contributed by atoms with Gasteiger partial charge in [0.1, 0.15) is 0 Å². The molecule has 4 nitrogen and oxygen atoms in total. The Bertz CT molecular complexity index is 692. The minimum absolute atomic E-state index is 0.0698. The number of carbonyl (C=O) groups is 1. The lowest BCUT2D eigenvalue weighted by molar-refractivity contribution is 0.193. The van der Waals surface area contributed by atoms with Crippen LogP contribution in [0.15, 0.2) is 48.7 Å². The Hall–Kier alpha value is -2.07. The second kappa shape index (κ2) is 6.59. The van der Waals surface area contributed by atoms with Gasteiger partial charge in [-0.05, 0) is 43.2 Å². The fraction of sp³-hybridized carbons (Fsp3) is 0.333. The van der Waals surface area contributed by atoms with Crippen LogP contribution in [-0.4, -0.2) is 29.0 Å². The van der Waals surface area contributed by atoms with Crippen LogP contribution >= 0.6 is 11.6 Å². The number of amides is 2. The first-order valence-electron chi connectivity index (χ1n) is 7.76. The van der Waals surface area contributed by atoms with Gasteiger partial charge in [-0.1, -0.05) is 29.8 Å². The molecule has 2 amide bonds. The van der Waals surface area contributed by atoms with Crippen LogP contribution in [0.2, 0.25) is 5.02 Å². The molecule has 0 spiro atoms. The summed E-state index contributed by atoms with van der Waals surface area (Å²) in [4.78, 5) is 18.4. The van der Waals surface area contributed by atoms with Crippen molar-refractivity contribution in [2.75, 3.05) is 7.05 Å². The van der Waals surface area contributed by atoms with Gasteiger partial charge in [-0.3, -0.25) is 4.98 Å². The van der Waals surface area contributed by atoms with E-state index in [1.807, 2.05) is 43.3 Å². The molecule has 120 valence electrons. The number of nitrogens with one attached hydrogen (secondary N) is 1. The Morgan fingerprint density at radius 1 is 1.35 bits per heavy atom. The van der Waals surface area contributed by atoms with E-state index < -0.39 is 0 Å². The third kappa shape index (κ3) is 3.64. The zero-order valence-electron chi connectivity index (χ0n) is 13.2. The molecule has 1 aromatic carbocycles. The Balaban J connectivity index is 1.58. The van der Waals surface area contributed by atoms with Gasteiger partial charge in [0, 0.05) is 30.2 Å². The number of urea groups is 1. The molecule has 2 aromatic rings. The van der Waals surface area contributed by atoms with Crippen molar-refractivity contribution in [2.45, 2.75) is 31.3 Å². The van der Waals surface area contributed by atoms with Crippen molar-refractivity contribution >= 4 is 17.6 Å². The number of nitrogens with zero attached hydrogens (tertiary/aromatic N) is 2. The Morgan fingerprint density at radius 2 is 2.17 bits per heavy atom. The molecule has 0 unspecified atom stereocenters. The van der Waals surface area contributed by atoms with Gasteiger partial charge in [0.2, 0.25) is 0 Å². The van der Waals surface area contributed by atoms with Gasteiger partial charge < -0.3 is 10.2 Å². The molecule has 23 heavy (non-hydrogen) atoms. The van der Waals surface area contributed by atoms with Crippen LogP contribution in [0.25, 0.3) is 0 Å². The predicted molar refractivity (Wildman–Crippen MR) is 91.5 cm³/mol. The molecule has 0 bridgehead atoms. The van der Waals surface area contributed by atoms with Gasteiger partial charge in [-0.15, -0.1) is 0 Å². The summed E-state index contributed by atoms with van der Waals surface area (Å²) in [5, 5.41) is 3.82. The monoisotopic (exact) mass is 329 g/mol. The molecular formula is C18H20ClN3O. The summed E-state index contributed by atoms with van der Waals surface area (Å²) in [5.41, 5.74) is 2.07. The highest BCUT2D eigenvalue weighted by atomic mass is 35.5. The maximum atomic E-state index is 12.4. The van der Waals surface area contributed by atoms with Gasteiger partial charge in [0.15, 0.2) is 0 Å². The molecule has 5 heteroatoms. The van der Waals surface area contributed by atoms with Crippen LogP contribution in [0.1, 0.15) is 36.6 Å². The highest BCUT2D eigenvalue weighted by Crippen LogP contribution is 2.41. The average molecular weight is 330 g/mol. The molecule has 1 saturated carbocycles. The van der Waals surface area contributed by atoms with Crippen LogP contribution in [0.4, 0.5) is 4.79 Å². The van der Waals surface area contributed by atoms with Crippen molar-refractivity contribution in [1.29, 1.82) is 0 Å². The predicted octanol–water partition coefficient (Wildman–Crippen LogP) is 3.99. The number of hydrogen-bond donors (Lipinski definition) is 1. The Morgan fingerprint density at radius 3 is 2.87 bits per heavy atom. The van der Waals surface area contributed by atoms with Gasteiger partial charge in [-0.2, -0.15) is 0 Å². The molecule has 1 heterocycles. The van der Waals surface area contributed by atoms with E-state index in [1.165, 1.54) is 5.56 Å². The topological polar surface area (TPSA) is 45.2 Å². The smallest absolute Gasteiger partial charge is 0.317 e. The maximum Gasteiger partial charge on any atom is 0.317 e.